The van der Waals surface area contributed by atoms with Crippen LogP contribution >= 0.6 is 11.8 Å². The third-order valence-electron chi connectivity index (χ3n) is 2.18. The lowest BCUT2D eigenvalue weighted by Crippen LogP contribution is -2.65. The molecule has 0 aromatic heterocycles. The molecule has 2 saturated heterocycles. The van der Waals surface area contributed by atoms with Gasteiger partial charge in [-0.2, -0.15) is 0 Å². The Bertz CT molecular complexity index is 177. The molecule has 2 fully saturated rings. The summed E-state index contributed by atoms with van der Waals surface area (Å²) in [7, 11) is 1.61. The van der Waals surface area contributed by atoms with Crippen molar-refractivity contribution in [2.24, 2.45) is 0 Å². The molecule has 0 saturated carbocycles. The molecule has 0 aromatic carbocycles. The zero-order valence-corrected chi connectivity index (χ0v) is 7.26. The molecule has 62 valence electrons. The van der Waals surface area contributed by atoms with Crippen molar-refractivity contribution in [1.29, 1.82) is 0 Å². The molecule has 2 heterocycles. The average molecular weight is 173 g/mol. The van der Waals surface area contributed by atoms with Gasteiger partial charge in [0.2, 0.25) is 0 Å². The van der Waals surface area contributed by atoms with Gasteiger partial charge in [0, 0.05) is 13.7 Å². The first-order chi connectivity index (χ1) is 5.34. The summed E-state index contributed by atoms with van der Waals surface area (Å²) in [6.07, 6.45) is 0.976. The zero-order chi connectivity index (χ0) is 7.84. The van der Waals surface area contributed by atoms with Crippen LogP contribution in [0.4, 0.5) is 0 Å². The highest BCUT2D eigenvalue weighted by Gasteiger charge is 2.48. The molecule has 4 heteroatoms. The second kappa shape index (κ2) is 2.68. The molecule has 1 amide bonds. The second-order valence-electron chi connectivity index (χ2n) is 2.80. The molecule has 3 nitrogen and oxygen atoms in total. The number of methoxy groups -OCH3 is 1. The van der Waals surface area contributed by atoms with Crippen molar-refractivity contribution < 1.29 is 9.53 Å². The van der Waals surface area contributed by atoms with E-state index in [0.717, 1.165) is 18.7 Å². The van der Waals surface area contributed by atoms with E-state index in [2.05, 4.69) is 0 Å². The molecule has 11 heavy (non-hydrogen) atoms. The van der Waals surface area contributed by atoms with E-state index < -0.39 is 0 Å². The Morgan fingerprint density at radius 3 is 3.27 bits per heavy atom. The second-order valence-corrected chi connectivity index (χ2v) is 4.03. The van der Waals surface area contributed by atoms with Gasteiger partial charge in [-0.1, -0.05) is 0 Å². The summed E-state index contributed by atoms with van der Waals surface area (Å²) in [4.78, 5) is 13.1. The van der Waals surface area contributed by atoms with E-state index in [4.69, 9.17) is 4.74 Å². The van der Waals surface area contributed by atoms with Crippen molar-refractivity contribution in [2.45, 2.75) is 17.9 Å². The monoisotopic (exact) mass is 173 g/mol. The summed E-state index contributed by atoms with van der Waals surface area (Å²) < 4.78 is 5.06. The van der Waals surface area contributed by atoms with Gasteiger partial charge in [0.25, 0.3) is 5.91 Å². The van der Waals surface area contributed by atoms with Crippen LogP contribution in [-0.2, 0) is 9.53 Å². The van der Waals surface area contributed by atoms with Gasteiger partial charge in [-0.3, -0.25) is 4.79 Å². The fourth-order valence-corrected chi connectivity index (χ4v) is 2.89. The number of nitrogens with zero attached hydrogens (tertiary/aromatic N) is 1. The zero-order valence-electron chi connectivity index (χ0n) is 6.45. The first-order valence-corrected chi connectivity index (χ1v) is 4.84. The Morgan fingerprint density at radius 2 is 2.55 bits per heavy atom. The van der Waals surface area contributed by atoms with Gasteiger partial charge >= 0.3 is 0 Å². The van der Waals surface area contributed by atoms with E-state index in [0.29, 0.717) is 5.37 Å². The van der Waals surface area contributed by atoms with E-state index in [1.807, 2.05) is 16.7 Å². The molecule has 1 unspecified atom stereocenters. The molecule has 0 radical (unpaired) electrons. The first-order valence-electron chi connectivity index (χ1n) is 3.79. The molecule has 2 rings (SSSR count). The van der Waals surface area contributed by atoms with Crippen LogP contribution in [0, 0.1) is 0 Å². The number of rotatable bonds is 1. The summed E-state index contributed by atoms with van der Waals surface area (Å²) in [6, 6.07) is 0. The molecule has 2 aliphatic heterocycles. The van der Waals surface area contributed by atoms with Crippen molar-refractivity contribution in [3.8, 4) is 0 Å². The van der Waals surface area contributed by atoms with Crippen LogP contribution in [0.15, 0.2) is 0 Å². The average Bonchev–Trinajstić information content (AvgIpc) is 2.05. The number of fused-ring (bicyclic) bond motifs is 1. The highest BCUT2D eigenvalue weighted by molar-refractivity contribution is 8.00. The lowest BCUT2D eigenvalue weighted by atomic mass is 10.1. The third-order valence-corrected chi connectivity index (χ3v) is 3.55. The quantitative estimate of drug-likeness (QED) is 0.534. The van der Waals surface area contributed by atoms with Crippen LogP contribution in [-0.4, -0.2) is 41.7 Å². The lowest BCUT2D eigenvalue weighted by molar-refractivity contribution is -0.162. The maximum absolute atomic E-state index is 11.2. The van der Waals surface area contributed by atoms with E-state index >= 15 is 0 Å². The summed E-state index contributed by atoms with van der Waals surface area (Å²) in [5.41, 5.74) is 0. The van der Waals surface area contributed by atoms with E-state index in [-0.39, 0.29) is 12.0 Å². The number of thioether (sulfide) groups is 1. The molecule has 0 aromatic rings. The van der Waals surface area contributed by atoms with Crippen molar-refractivity contribution in [3.63, 3.8) is 0 Å². The van der Waals surface area contributed by atoms with Crippen LogP contribution in [0.3, 0.4) is 0 Å². The number of hydrogen-bond donors (Lipinski definition) is 0. The predicted molar refractivity (Wildman–Crippen MR) is 43.4 cm³/mol. The first kappa shape index (κ1) is 7.43. The summed E-state index contributed by atoms with van der Waals surface area (Å²) in [6.45, 7) is 0.927. The van der Waals surface area contributed by atoms with Gasteiger partial charge in [-0.15, -0.1) is 11.8 Å². The SMILES string of the molecule is COC1C(=O)N2CCCS[C@@H]12. The largest absolute Gasteiger partial charge is 0.368 e. The highest BCUT2D eigenvalue weighted by Crippen LogP contribution is 2.35. The summed E-state index contributed by atoms with van der Waals surface area (Å²) in [5, 5.41) is 0.321. The molecule has 2 aliphatic rings. The Kier molecular flexibility index (Phi) is 1.81. The van der Waals surface area contributed by atoms with Gasteiger partial charge in [0.05, 0.1) is 0 Å². The van der Waals surface area contributed by atoms with Crippen LogP contribution in [0.5, 0.6) is 0 Å². The standard InChI is InChI=1S/C7H11NO2S/c1-10-5-6(9)8-3-2-4-11-7(5)8/h5,7H,2-4H2,1H3/t5?,7-/m0/s1. The Morgan fingerprint density at radius 1 is 1.73 bits per heavy atom. The number of β-lactam (4-membered cyclic amide) rings is 1. The number of amides is 1. The lowest BCUT2D eigenvalue weighted by Gasteiger charge is -2.48. The minimum atomic E-state index is -0.153. The highest BCUT2D eigenvalue weighted by atomic mass is 32.2. The number of carbonyl (C=O) groups excluding carboxylic acids is 1. The number of hydrogen-bond acceptors (Lipinski definition) is 3. The Labute approximate surface area is 70.1 Å². The van der Waals surface area contributed by atoms with E-state index in [1.54, 1.807) is 7.11 Å². The van der Waals surface area contributed by atoms with Crippen molar-refractivity contribution in [1.82, 2.24) is 4.90 Å². The van der Waals surface area contributed by atoms with Crippen LogP contribution in [0.2, 0.25) is 0 Å². The van der Waals surface area contributed by atoms with Gasteiger partial charge in [-0.05, 0) is 12.2 Å². The maximum atomic E-state index is 11.2. The molecule has 0 spiro atoms. The smallest absolute Gasteiger partial charge is 0.255 e. The molecule has 0 aliphatic carbocycles. The third kappa shape index (κ3) is 0.964. The van der Waals surface area contributed by atoms with Gasteiger partial charge < -0.3 is 9.64 Å². The van der Waals surface area contributed by atoms with Crippen molar-refractivity contribution in [3.05, 3.63) is 0 Å². The Hall–Kier alpha value is -0.220. The fraction of sp³-hybridized carbons (Fsp3) is 0.857. The maximum Gasteiger partial charge on any atom is 0.255 e. The molecular formula is C7H11NO2S. The Balaban J connectivity index is 2.03. The predicted octanol–water partition coefficient (Wildman–Crippen LogP) is 0.307. The minimum Gasteiger partial charge on any atom is -0.368 e. The van der Waals surface area contributed by atoms with Crippen molar-refractivity contribution in [2.75, 3.05) is 19.4 Å². The van der Waals surface area contributed by atoms with E-state index in [1.165, 1.54) is 0 Å². The van der Waals surface area contributed by atoms with Crippen molar-refractivity contribution >= 4 is 17.7 Å². The van der Waals surface area contributed by atoms with Crippen LogP contribution < -0.4 is 0 Å². The molecule has 0 bridgehead atoms. The normalized spacial score (nSPS) is 36.5. The molecule has 2 atom stereocenters. The molecule has 0 N–H and O–H groups in total. The van der Waals surface area contributed by atoms with Gasteiger partial charge in [0.15, 0.2) is 6.10 Å². The summed E-state index contributed by atoms with van der Waals surface area (Å²) in [5.74, 6) is 1.33. The van der Waals surface area contributed by atoms with Crippen LogP contribution in [0.1, 0.15) is 6.42 Å². The van der Waals surface area contributed by atoms with E-state index in [9.17, 15) is 4.79 Å². The van der Waals surface area contributed by atoms with Crippen LogP contribution in [0.25, 0.3) is 0 Å². The minimum absolute atomic E-state index is 0.153. The number of carbonyl (C=O) groups is 1. The summed E-state index contributed by atoms with van der Waals surface area (Å²) >= 11 is 1.83. The van der Waals surface area contributed by atoms with Gasteiger partial charge in [0.1, 0.15) is 5.37 Å². The number of ether oxygens (including phenoxy) is 1. The topological polar surface area (TPSA) is 29.5 Å². The van der Waals surface area contributed by atoms with Gasteiger partial charge in [-0.25, -0.2) is 0 Å². The fourth-order valence-electron chi connectivity index (χ4n) is 1.56. The molecular weight excluding hydrogens is 162 g/mol.